The lowest BCUT2D eigenvalue weighted by Crippen LogP contribution is -2.50. The molecule has 0 bridgehead atoms. The summed E-state index contributed by atoms with van der Waals surface area (Å²) in [6, 6.07) is 5.95. The predicted molar refractivity (Wildman–Crippen MR) is 97.4 cm³/mol. The van der Waals surface area contributed by atoms with Crippen molar-refractivity contribution in [1.82, 2.24) is 19.6 Å². The summed E-state index contributed by atoms with van der Waals surface area (Å²) in [6.45, 7) is 1.62. The second-order valence-corrected chi connectivity index (χ2v) is 6.70. The Labute approximate surface area is 164 Å². The van der Waals surface area contributed by atoms with E-state index in [9.17, 15) is 18.4 Å². The highest BCUT2D eigenvalue weighted by Gasteiger charge is 2.43. The fourth-order valence-corrected chi connectivity index (χ4v) is 3.16. The number of amides is 2. The van der Waals surface area contributed by atoms with Crippen LogP contribution in [0.3, 0.4) is 0 Å². The summed E-state index contributed by atoms with van der Waals surface area (Å²) < 4.78 is 36.4. The number of halogens is 2. The molecule has 1 aromatic heterocycles. The molecule has 0 N–H and O–H groups in total. The van der Waals surface area contributed by atoms with E-state index < -0.39 is 6.29 Å². The van der Waals surface area contributed by atoms with E-state index in [1.165, 1.54) is 24.3 Å². The van der Waals surface area contributed by atoms with E-state index in [-0.39, 0.29) is 23.3 Å². The van der Waals surface area contributed by atoms with Crippen LogP contribution in [0.25, 0.3) is 6.08 Å². The van der Waals surface area contributed by atoms with Gasteiger partial charge in [-0.1, -0.05) is 6.07 Å². The maximum absolute atomic E-state index is 13.1. The summed E-state index contributed by atoms with van der Waals surface area (Å²) in [5, 5.41) is 4.10. The van der Waals surface area contributed by atoms with Gasteiger partial charge in [0.05, 0.1) is 0 Å². The van der Waals surface area contributed by atoms with Crippen LogP contribution in [-0.2, 0) is 11.8 Å². The first-order valence-electron chi connectivity index (χ1n) is 8.96. The average molecular weight is 404 g/mol. The topological polar surface area (TPSA) is 76.9 Å². The van der Waals surface area contributed by atoms with E-state index >= 15 is 0 Å². The van der Waals surface area contributed by atoms with Gasteiger partial charge >= 0.3 is 6.29 Å². The van der Waals surface area contributed by atoms with Gasteiger partial charge in [-0.05, 0) is 29.8 Å². The van der Waals surface area contributed by atoms with E-state index in [0.29, 0.717) is 37.4 Å². The molecular formula is C19H18F2N4O4. The normalized spacial score (nSPS) is 17.8. The van der Waals surface area contributed by atoms with Crippen molar-refractivity contribution in [2.75, 3.05) is 26.2 Å². The lowest BCUT2D eigenvalue weighted by molar-refractivity contribution is -0.286. The van der Waals surface area contributed by atoms with Crippen LogP contribution in [0.1, 0.15) is 16.1 Å². The zero-order valence-electron chi connectivity index (χ0n) is 15.5. The van der Waals surface area contributed by atoms with E-state index in [4.69, 9.17) is 0 Å². The Morgan fingerprint density at radius 1 is 1.07 bits per heavy atom. The number of carbonyl (C=O) groups is 2. The minimum absolute atomic E-state index is 0.0489. The van der Waals surface area contributed by atoms with E-state index in [2.05, 4.69) is 14.6 Å². The minimum Gasteiger partial charge on any atom is -0.395 e. The summed E-state index contributed by atoms with van der Waals surface area (Å²) in [5.74, 6) is -0.512. The molecule has 0 atom stereocenters. The second-order valence-electron chi connectivity index (χ2n) is 6.70. The number of hydrogen-bond donors (Lipinski definition) is 0. The van der Waals surface area contributed by atoms with Crippen LogP contribution in [0.5, 0.6) is 11.5 Å². The third-order valence-corrected chi connectivity index (χ3v) is 4.65. The number of piperazine rings is 1. The SMILES string of the molecule is Cn1ccc(C(=O)N2CCN(C(=O)/C=C/c3ccc4c(c3)OC(F)(F)O4)CC2)n1. The Hall–Kier alpha value is -3.43. The van der Waals surface area contributed by atoms with Crippen LogP contribution in [0.15, 0.2) is 36.5 Å². The van der Waals surface area contributed by atoms with Crippen LogP contribution in [0.2, 0.25) is 0 Å². The second kappa shape index (κ2) is 7.19. The molecule has 2 amide bonds. The van der Waals surface area contributed by atoms with Crippen molar-refractivity contribution >= 4 is 17.9 Å². The van der Waals surface area contributed by atoms with Crippen molar-refractivity contribution in [2.24, 2.45) is 7.05 Å². The monoisotopic (exact) mass is 404 g/mol. The van der Waals surface area contributed by atoms with E-state index in [1.54, 1.807) is 39.9 Å². The molecule has 0 unspecified atom stereocenters. The maximum atomic E-state index is 13.1. The molecule has 1 fully saturated rings. The van der Waals surface area contributed by atoms with Crippen LogP contribution < -0.4 is 9.47 Å². The van der Waals surface area contributed by atoms with Crippen molar-refractivity contribution in [2.45, 2.75) is 6.29 Å². The lowest BCUT2D eigenvalue weighted by atomic mass is 10.2. The van der Waals surface area contributed by atoms with Crippen LogP contribution in [0.4, 0.5) is 8.78 Å². The first kappa shape index (κ1) is 18.9. The largest absolute Gasteiger partial charge is 0.586 e. The number of ether oxygens (including phenoxy) is 2. The van der Waals surface area contributed by atoms with E-state index in [0.717, 1.165) is 0 Å². The molecule has 29 heavy (non-hydrogen) atoms. The van der Waals surface area contributed by atoms with Crippen LogP contribution in [0, 0.1) is 0 Å². The lowest BCUT2D eigenvalue weighted by Gasteiger charge is -2.33. The molecule has 2 aromatic rings. The molecular weight excluding hydrogens is 386 g/mol. The summed E-state index contributed by atoms with van der Waals surface area (Å²) >= 11 is 0. The van der Waals surface area contributed by atoms with Crippen molar-refractivity contribution in [3.8, 4) is 11.5 Å². The van der Waals surface area contributed by atoms with Crippen molar-refractivity contribution in [3.05, 3.63) is 47.8 Å². The predicted octanol–water partition coefficient (Wildman–Crippen LogP) is 1.74. The number of carbonyl (C=O) groups excluding carboxylic acids is 2. The number of benzene rings is 1. The highest BCUT2D eigenvalue weighted by molar-refractivity contribution is 5.93. The van der Waals surface area contributed by atoms with Gasteiger partial charge in [0, 0.05) is 45.5 Å². The molecule has 2 aliphatic rings. The zero-order chi connectivity index (χ0) is 20.6. The van der Waals surface area contributed by atoms with E-state index in [1.807, 2.05) is 0 Å². The molecule has 2 aliphatic heterocycles. The summed E-state index contributed by atoms with van der Waals surface area (Å²) in [7, 11) is 1.74. The minimum atomic E-state index is -3.67. The number of nitrogens with zero attached hydrogens (tertiary/aromatic N) is 4. The van der Waals surface area contributed by atoms with Gasteiger partial charge in [0.25, 0.3) is 5.91 Å². The number of alkyl halides is 2. The van der Waals surface area contributed by atoms with Crippen molar-refractivity contribution < 1.29 is 27.8 Å². The number of rotatable bonds is 3. The molecule has 0 saturated carbocycles. The molecule has 3 heterocycles. The molecule has 4 rings (SSSR count). The van der Waals surface area contributed by atoms with Crippen LogP contribution >= 0.6 is 0 Å². The molecule has 1 aromatic carbocycles. The first-order chi connectivity index (χ1) is 13.8. The van der Waals surface area contributed by atoms with Gasteiger partial charge in [-0.15, -0.1) is 8.78 Å². The Bertz CT molecular complexity index is 980. The molecule has 152 valence electrons. The molecule has 0 radical (unpaired) electrons. The highest BCUT2D eigenvalue weighted by Crippen LogP contribution is 2.41. The molecule has 10 heteroatoms. The third kappa shape index (κ3) is 4.05. The Balaban J connectivity index is 1.33. The van der Waals surface area contributed by atoms with Gasteiger partial charge in [0.2, 0.25) is 5.91 Å². The Morgan fingerprint density at radius 3 is 2.45 bits per heavy atom. The fourth-order valence-electron chi connectivity index (χ4n) is 3.16. The zero-order valence-corrected chi connectivity index (χ0v) is 15.5. The standard InChI is InChI=1S/C19H18F2N4O4/c1-23-7-6-14(22-23)18(27)25-10-8-24(9-11-25)17(26)5-3-13-2-4-15-16(12-13)29-19(20,21)28-15/h2-7,12H,8-11H2,1H3/b5-3+. The Morgan fingerprint density at radius 2 is 1.76 bits per heavy atom. The molecule has 1 saturated heterocycles. The van der Waals surface area contributed by atoms with Gasteiger partial charge < -0.3 is 19.3 Å². The highest BCUT2D eigenvalue weighted by atomic mass is 19.3. The quantitative estimate of drug-likeness (QED) is 0.729. The van der Waals surface area contributed by atoms with Gasteiger partial charge in [-0.3, -0.25) is 14.3 Å². The number of hydrogen-bond acceptors (Lipinski definition) is 5. The molecule has 8 nitrogen and oxygen atoms in total. The average Bonchev–Trinajstić information content (AvgIpc) is 3.26. The number of aromatic nitrogens is 2. The smallest absolute Gasteiger partial charge is 0.395 e. The van der Waals surface area contributed by atoms with Crippen LogP contribution in [-0.4, -0.2) is 63.9 Å². The van der Waals surface area contributed by atoms with Crippen molar-refractivity contribution in [3.63, 3.8) is 0 Å². The Kier molecular flexibility index (Phi) is 4.69. The molecule has 0 spiro atoms. The summed E-state index contributed by atoms with van der Waals surface area (Å²) in [6.07, 6.45) is 0.918. The van der Waals surface area contributed by atoms with Gasteiger partial charge in [0.15, 0.2) is 11.5 Å². The maximum Gasteiger partial charge on any atom is 0.586 e. The number of fused-ring (bicyclic) bond motifs is 1. The van der Waals surface area contributed by atoms with Gasteiger partial charge in [-0.2, -0.15) is 5.10 Å². The summed E-state index contributed by atoms with van der Waals surface area (Å²) in [5.41, 5.74) is 0.905. The number of aryl methyl sites for hydroxylation is 1. The summed E-state index contributed by atoms with van der Waals surface area (Å²) in [4.78, 5) is 28.1. The fraction of sp³-hybridized carbons (Fsp3) is 0.316. The molecule has 0 aliphatic carbocycles. The van der Waals surface area contributed by atoms with Gasteiger partial charge in [0.1, 0.15) is 5.69 Å². The first-order valence-corrected chi connectivity index (χ1v) is 8.96. The van der Waals surface area contributed by atoms with Gasteiger partial charge in [-0.25, -0.2) is 0 Å². The van der Waals surface area contributed by atoms with Crippen molar-refractivity contribution in [1.29, 1.82) is 0 Å². The third-order valence-electron chi connectivity index (χ3n) is 4.65.